The van der Waals surface area contributed by atoms with Crippen LogP contribution in [0.1, 0.15) is 40.5 Å². The molecule has 0 fully saturated rings. The Balaban J connectivity index is -0.000000334. The molecular formula is C16H20F6O6S2Zr. The van der Waals surface area contributed by atoms with Crippen molar-refractivity contribution in [1.29, 1.82) is 0 Å². The molecule has 0 saturated carbocycles. The van der Waals surface area contributed by atoms with Crippen molar-refractivity contribution in [2.75, 3.05) is 0 Å². The molecule has 0 aromatic heterocycles. The fourth-order valence-corrected chi connectivity index (χ4v) is 1.66. The molecule has 2 rings (SSSR count). The van der Waals surface area contributed by atoms with Gasteiger partial charge >= 0.3 is 37.2 Å². The van der Waals surface area contributed by atoms with Gasteiger partial charge in [-0.15, -0.1) is 0 Å². The zero-order valence-corrected chi connectivity index (χ0v) is 20.8. The van der Waals surface area contributed by atoms with Crippen LogP contribution in [0.4, 0.5) is 26.3 Å². The first-order chi connectivity index (χ1) is 13.1. The summed E-state index contributed by atoms with van der Waals surface area (Å²) in [7, 11) is -12.2. The molecule has 15 heteroatoms. The van der Waals surface area contributed by atoms with Crippen molar-refractivity contribution < 1.29 is 78.5 Å². The number of alkyl halides is 6. The molecule has 0 aromatic rings. The van der Waals surface area contributed by atoms with Crippen LogP contribution < -0.4 is 0 Å². The van der Waals surface area contributed by atoms with E-state index in [0.29, 0.717) is 0 Å². The van der Waals surface area contributed by atoms with Crippen molar-refractivity contribution in [3.8, 4) is 0 Å². The van der Waals surface area contributed by atoms with Crippen LogP contribution in [0.15, 0.2) is 46.6 Å². The van der Waals surface area contributed by atoms with Crippen molar-refractivity contribution in [2.24, 2.45) is 0 Å². The molecule has 0 radical (unpaired) electrons. The van der Waals surface area contributed by atoms with E-state index in [1.54, 1.807) is 0 Å². The molecule has 0 bridgehead atoms. The van der Waals surface area contributed by atoms with Gasteiger partial charge in [0.1, 0.15) is 0 Å². The first-order valence-corrected chi connectivity index (χ1v) is 10.6. The van der Waals surface area contributed by atoms with E-state index in [1.165, 1.54) is 35.1 Å². The zero-order valence-electron chi connectivity index (χ0n) is 16.8. The fourth-order valence-electron chi connectivity index (χ4n) is 1.66. The number of hydrogen-bond acceptors (Lipinski definition) is 6. The maximum absolute atomic E-state index is 10.7. The number of rotatable bonds is 0. The number of allylic oxidation sites excluding steroid dienone is 8. The van der Waals surface area contributed by atoms with E-state index in [0.717, 1.165) is 0 Å². The van der Waals surface area contributed by atoms with Crippen LogP contribution in [0.3, 0.4) is 0 Å². The molecule has 0 saturated heterocycles. The van der Waals surface area contributed by atoms with E-state index < -0.39 is 31.3 Å². The van der Waals surface area contributed by atoms with E-state index in [9.17, 15) is 26.3 Å². The number of hydrogen-bond donors (Lipinski definition) is 0. The van der Waals surface area contributed by atoms with Gasteiger partial charge in [0.15, 0.2) is 20.2 Å². The van der Waals surface area contributed by atoms with Crippen molar-refractivity contribution in [3.63, 3.8) is 0 Å². The molecule has 31 heavy (non-hydrogen) atoms. The molecule has 0 unspecified atom stereocenters. The van der Waals surface area contributed by atoms with Crippen LogP contribution >= 0.6 is 0 Å². The molecule has 0 amide bonds. The maximum atomic E-state index is 10.7. The number of halogens is 6. The van der Waals surface area contributed by atoms with Crippen LogP contribution in [0.5, 0.6) is 0 Å². The second-order valence-corrected chi connectivity index (χ2v) is 8.83. The normalized spacial score (nSPS) is 15.9. The van der Waals surface area contributed by atoms with Gasteiger partial charge in [0, 0.05) is 0 Å². The van der Waals surface area contributed by atoms with Crippen LogP contribution in [0.2, 0.25) is 0 Å². The van der Waals surface area contributed by atoms with E-state index in [1.807, 2.05) is 0 Å². The smallest absolute Gasteiger partial charge is 0.741 e. The molecule has 0 heterocycles. The summed E-state index contributed by atoms with van der Waals surface area (Å²) < 4.78 is 118. The predicted molar refractivity (Wildman–Crippen MR) is 95.8 cm³/mol. The molecule has 0 atom stereocenters. The monoisotopic (exact) mass is 576 g/mol. The summed E-state index contributed by atoms with van der Waals surface area (Å²) in [5, 5.41) is 0. The van der Waals surface area contributed by atoms with E-state index >= 15 is 0 Å². The molecule has 0 spiro atoms. The second-order valence-electron chi connectivity index (χ2n) is 6.09. The first kappa shape index (κ1) is 34.8. The minimum atomic E-state index is -6.09. The van der Waals surface area contributed by atoms with E-state index in [4.69, 9.17) is 25.9 Å². The Hall–Kier alpha value is -0.757. The average molecular weight is 578 g/mol. The van der Waals surface area contributed by atoms with E-state index in [2.05, 4.69) is 52.0 Å². The Morgan fingerprint density at radius 1 is 0.677 bits per heavy atom. The summed E-state index contributed by atoms with van der Waals surface area (Å²) in [6, 6.07) is 0. The Kier molecular flexibility index (Phi) is 15.4. The quantitative estimate of drug-likeness (QED) is 0.235. The van der Waals surface area contributed by atoms with Crippen LogP contribution in [0, 0.1) is 0 Å². The Bertz CT molecular complexity index is 835. The molecular weight excluding hydrogens is 558 g/mol. The van der Waals surface area contributed by atoms with Gasteiger partial charge in [-0.05, 0) is 40.5 Å². The summed E-state index contributed by atoms with van der Waals surface area (Å²) in [4.78, 5) is 0. The van der Waals surface area contributed by atoms with Crippen molar-refractivity contribution in [2.45, 2.75) is 51.6 Å². The molecule has 2 aliphatic carbocycles. The molecule has 0 aromatic carbocycles. The van der Waals surface area contributed by atoms with Gasteiger partial charge in [-0.1, -0.05) is 46.6 Å². The summed E-state index contributed by atoms with van der Waals surface area (Å²) in [5.41, 5.74) is -5.50. The minimum Gasteiger partial charge on any atom is -0.741 e. The molecule has 6 nitrogen and oxygen atoms in total. The largest absolute Gasteiger partial charge is 2.00 e. The molecule has 0 aliphatic heterocycles. The molecule has 178 valence electrons. The standard InChI is InChI=1S/2C7H10.2CHF3O3S.Zr/c2*1-6-3-4-7(2)5-6;2*2-1(3,4)8(5,6)7;/h2*3,5H,4H2,1-2H3;2*(H,5,6,7);/q;;;;+2/p-2. The van der Waals surface area contributed by atoms with Crippen LogP contribution in [-0.2, 0) is 46.4 Å². The van der Waals surface area contributed by atoms with Gasteiger partial charge < -0.3 is 9.11 Å². The van der Waals surface area contributed by atoms with Gasteiger partial charge in [-0.25, -0.2) is 16.8 Å². The topological polar surface area (TPSA) is 114 Å². The maximum Gasteiger partial charge on any atom is 2.00 e. The SMILES string of the molecule is CC1=CCC(C)=C1.CC1=CCC(C)=C1.O=S(=O)([O-])C(F)(F)F.O=S(=O)([O-])C(F)(F)F.[Zr+2]. The van der Waals surface area contributed by atoms with Gasteiger partial charge in [0.25, 0.3) is 0 Å². The van der Waals surface area contributed by atoms with Crippen molar-refractivity contribution in [1.82, 2.24) is 0 Å². The molecule has 2 aliphatic rings. The van der Waals surface area contributed by atoms with Crippen molar-refractivity contribution >= 4 is 20.2 Å². The van der Waals surface area contributed by atoms with Gasteiger partial charge in [-0.2, -0.15) is 26.3 Å². The Morgan fingerprint density at radius 2 is 0.871 bits per heavy atom. The molecule has 0 N–H and O–H groups in total. The Labute approximate surface area is 196 Å². The predicted octanol–water partition coefficient (Wildman–Crippen LogP) is 4.67. The minimum absolute atomic E-state index is 0. The fraction of sp³-hybridized carbons (Fsp3) is 0.500. The van der Waals surface area contributed by atoms with Gasteiger partial charge in [0.2, 0.25) is 0 Å². The zero-order chi connectivity index (χ0) is 24.6. The summed E-state index contributed by atoms with van der Waals surface area (Å²) in [5.74, 6) is 0. The second kappa shape index (κ2) is 13.7. The first-order valence-electron chi connectivity index (χ1n) is 7.80. The van der Waals surface area contributed by atoms with Crippen LogP contribution in [-0.4, -0.2) is 37.0 Å². The third kappa shape index (κ3) is 17.5. The van der Waals surface area contributed by atoms with E-state index in [-0.39, 0.29) is 26.2 Å². The van der Waals surface area contributed by atoms with Gasteiger partial charge in [-0.3, -0.25) is 0 Å². The van der Waals surface area contributed by atoms with Crippen molar-refractivity contribution in [3.05, 3.63) is 46.6 Å². The summed E-state index contributed by atoms with van der Waals surface area (Å²) in [6.45, 7) is 8.59. The Morgan fingerprint density at radius 3 is 0.903 bits per heavy atom. The summed E-state index contributed by atoms with van der Waals surface area (Å²) >= 11 is 0. The van der Waals surface area contributed by atoms with Gasteiger partial charge in [0.05, 0.1) is 0 Å². The summed E-state index contributed by atoms with van der Waals surface area (Å²) in [6.07, 6.45) is 11.3. The van der Waals surface area contributed by atoms with Crippen LogP contribution in [0.25, 0.3) is 0 Å². The third-order valence-electron chi connectivity index (χ3n) is 3.01. The average Bonchev–Trinajstić information content (AvgIpc) is 3.04. The third-order valence-corrected chi connectivity index (χ3v) is 4.14.